The van der Waals surface area contributed by atoms with Crippen LogP contribution in [0.15, 0.2) is 65.7 Å². The number of carbonyl (C=O) groups excluding carboxylic acids is 1. The van der Waals surface area contributed by atoms with E-state index in [2.05, 4.69) is 5.32 Å². The Bertz CT molecular complexity index is 779. The maximum absolute atomic E-state index is 12.2. The molecule has 4 heteroatoms. The van der Waals surface area contributed by atoms with Crippen LogP contribution >= 0.6 is 11.8 Å². The third kappa shape index (κ3) is 3.11. The number of rotatable bonds is 4. The molecule has 3 rings (SSSR count). The topological polar surface area (TPSA) is 34.0 Å². The first-order valence-electron chi connectivity index (χ1n) is 6.74. The van der Waals surface area contributed by atoms with E-state index in [4.69, 9.17) is 0 Å². The molecule has 0 aliphatic heterocycles. The smallest absolute Gasteiger partial charge is 0.244 e. The van der Waals surface area contributed by atoms with Gasteiger partial charge in [0.2, 0.25) is 5.91 Å². The first-order chi connectivity index (χ1) is 10.3. The predicted octanol–water partition coefficient (Wildman–Crippen LogP) is 4.00. The van der Waals surface area contributed by atoms with Crippen LogP contribution in [0.5, 0.6) is 0 Å². The Labute approximate surface area is 128 Å². The van der Waals surface area contributed by atoms with Gasteiger partial charge in [-0.05, 0) is 42.0 Å². The van der Waals surface area contributed by atoms with E-state index in [1.165, 1.54) is 0 Å². The highest BCUT2D eigenvalue weighted by atomic mass is 32.2. The Morgan fingerprint density at radius 3 is 2.86 bits per heavy atom. The van der Waals surface area contributed by atoms with Crippen LogP contribution in [0.1, 0.15) is 0 Å². The molecule has 106 valence electrons. The molecule has 2 aromatic carbocycles. The number of nitrogens with zero attached hydrogens (tertiary/aromatic N) is 1. The van der Waals surface area contributed by atoms with Crippen LogP contribution < -0.4 is 5.32 Å². The fraction of sp³-hybridized carbons (Fsp3) is 0.118. The van der Waals surface area contributed by atoms with Gasteiger partial charge in [0, 0.05) is 22.3 Å². The van der Waals surface area contributed by atoms with Crippen molar-refractivity contribution in [2.45, 2.75) is 11.4 Å². The first kappa shape index (κ1) is 13.8. The Morgan fingerprint density at radius 1 is 1.14 bits per heavy atom. The summed E-state index contributed by atoms with van der Waals surface area (Å²) in [7, 11) is 0. The molecular formula is C17H16N2OS. The average Bonchev–Trinajstić information content (AvgIpc) is 2.91. The molecule has 1 heterocycles. The standard InChI is InChI=1S/C17H16N2OS/c1-21-15-7-4-6-14(11-15)18-17(20)12-19-10-9-13-5-2-3-8-16(13)19/h2-11H,12H2,1H3,(H,18,20). The molecule has 1 amide bonds. The Hall–Kier alpha value is -2.20. The molecule has 0 unspecified atom stereocenters. The van der Waals surface area contributed by atoms with Gasteiger partial charge in [-0.15, -0.1) is 11.8 Å². The number of anilines is 1. The van der Waals surface area contributed by atoms with Crippen molar-refractivity contribution in [2.24, 2.45) is 0 Å². The van der Waals surface area contributed by atoms with E-state index in [1.807, 2.05) is 71.6 Å². The highest BCUT2D eigenvalue weighted by Gasteiger charge is 2.06. The summed E-state index contributed by atoms with van der Waals surface area (Å²) in [5, 5.41) is 4.09. The van der Waals surface area contributed by atoms with Crippen LogP contribution in [0.2, 0.25) is 0 Å². The Morgan fingerprint density at radius 2 is 2.00 bits per heavy atom. The lowest BCUT2D eigenvalue weighted by molar-refractivity contribution is -0.116. The van der Waals surface area contributed by atoms with Crippen molar-refractivity contribution in [1.29, 1.82) is 0 Å². The zero-order chi connectivity index (χ0) is 14.7. The van der Waals surface area contributed by atoms with Crippen LogP contribution in [0.4, 0.5) is 5.69 Å². The number of para-hydroxylation sites is 1. The zero-order valence-corrected chi connectivity index (χ0v) is 12.6. The molecule has 3 aromatic rings. The molecule has 0 bridgehead atoms. The second kappa shape index (κ2) is 6.06. The third-order valence-corrected chi connectivity index (χ3v) is 4.07. The molecular weight excluding hydrogens is 280 g/mol. The van der Waals surface area contributed by atoms with Gasteiger partial charge < -0.3 is 9.88 Å². The number of amides is 1. The van der Waals surface area contributed by atoms with Gasteiger partial charge in [-0.1, -0.05) is 24.3 Å². The monoisotopic (exact) mass is 296 g/mol. The second-order valence-corrected chi connectivity index (χ2v) is 5.66. The van der Waals surface area contributed by atoms with E-state index in [1.54, 1.807) is 11.8 Å². The van der Waals surface area contributed by atoms with E-state index in [9.17, 15) is 4.79 Å². The van der Waals surface area contributed by atoms with Crippen LogP contribution in [-0.4, -0.2) is 16.7 Å². The van der Waals surface area contributed by atoms with Gasteiger partial charge in [0.25, 0.3) is 0 Å². The molecule has 0 radical (unpaired) electrons. The summed E-state index contributed by atoms with van der Waals surface area (Å²) in [6.07, 6.45) is 3.97. The molecule has 0 atom stereocenters. The molecule has 0 aliphatic carbocycles. The highest BCUT2D eigenvalue weighted by molar-refractivity contribution is 7.98. The number of nitrogens with one attached hydrogen (secondary N) is 1. The summed E-state index contributed by atoms with van der Waals surface area (Å²) in [5.41, 5.74) is 1.91. The van der Waals surface area contributed by atoms with Crippen molar-refractivity contribution in [3.63, 3.8) is 0 Å². The number of aromatic nitrogens is 1. The largest absolute Gasteiger partial charge is 0.338 e. The third-order valence-electron chi connectivity index (χ3n) is 3.35. The molecule has 21 heavy (non-hydrogen) atoms. The lowest BCUT2D eigenvalue weighted by Gasteiger charge is -2.08. The Balaban J connectivity index is 1.74. The lowest BCUT2D eigenvalue weighted by atomic mass is 10.2. The van der Waals surface area contributed by atoms with E-state index < -0.39 is 0 Å². The fourth-order valence-corrected chi connectivity index (χ4v) is 2.79. The van der Waals surface area contributed by atoms with Crippen molar-refractivity contribution in [3.05, 3.63) is 60.8 Å². The van der Waals surface area contributed by atoms with Crippen molar-refractivity contribution >= 4 is 34.3 Å². The van der Waals surface area contributed by atoms with Crippen molar-refractivity contribution in [3.8, 4) is 0 Å². The quantitative estimate of drug-likeness (QED) is 0.738. The van der Waals surface area contributed by atoms with Gasteiger partial charge in [-0.3, -0.25) is 4.79 Å². The molecule has 0 saturated carbocycles. The van der Waals surface area contributed by atoms with E-state index in [-0.39, 0.29) is 5.91 Å². The molecule has 0 aliphatic rings. The number of benzene rings is 2. The minimum Gasteiger partial charge on any atom is -0.338 e. The second-order valence-electron chi connectivity index (χ2n) is 4.78. The van der Waals surface area contributed by atoms with E-state index >= 15 is 0 Å². The number of carbonyl (C=O) groups is 1. The summed E-state index contributed by atoms with van der Waals surface area (Å²) in [6.45, 7) is 0.316. The van der Waals surface area contributed by atoms with Crippen molar-refractivity contribution in [2.75, 3.05) is 11.6 Å². The summed E-state index contributed by atoms with van der Waals surface area (Å²) in [5.74, 6) is -0.0189. The molecule has 1 N–H and O–H groups in total. The minimum atomic E-state index is -0.0189. The molecule has 0 fully saturated rings. The summed E-state index contributed by atoms with van der Waals surface area (Å²) >= 11 is 1.66. The molecule has 0 saturated heterocycles. The summed E-state index contributed by atoms with van der Waals surface area (Å²) < 4.78 is 1.96. The SMILES string of the molecule is CSc1cccc(NC(=O)Cn2ccc3ccccc32)c1. The van der Waals surface area contributed by atoms with E-state index in [0.717, 1.165) is 21.5 Å². The van der Waals surface area contributed by atoms with Gasteiger partial charge in [0.1, 0.15) is 6.54 Å². The van der Waals surface area contributed by atoms with E-state index in [0.29, 0.717) is 6.54 Å². The maximum Gasteiger partial charge on any atom is 0.244 e. The molecule has 1 aromatic heterocycles. The van der Waals surface area contributed by atoms with Crippen LogP contribution in [0, 0.1) is 0 Å². The van der Waals surface area contributed by atoms with Crippen LogP contribution in [-0.2, 0) is 11.3 Å². The maximum atomic E-state index is 12.2. The van der Waals surface area contributed by atoms with Gasteiger partial charge in [0.05, 0.1) is 0 Å². The summed E-state index contributed by atoms with van der Waals surface area (Å²) in [6, 6.07) is 18.0. The van der Waals surface area contributed by atoms with Gasteiger partial charge in [0.15, 0.2) is 0 Å². The predicted molar refractivity (Wildman–Crippen MR) is 88.8 cm³/mol. The van der Waals surface area contributed by atoms with Crippen LogP contribution in [0.3, 0.4) is 0 Å². The highest BCUT2D eigenvalue weighted by Crippen LogP contribution is 2.19. The van der Waals surface area contributed by atoms with Crippen molar-refractivity contribution in [1.82, 2.24) is 4.57 Å². The molecule has 0 spiro atoms. The van der Waals surface area contributed by atoms with Gasteiger partial charge in [-0.25, -0.2) is 0 Å². The summed E-state index contributed by atoms with van der Waals surface area (Å²) in [4.78, 5) is 13.3. The average molecular weight is 296 g/mol. The number of hydrogen-bond acceptors (Lipinski definition) is 2. The van der Waals surface area contributed by atoms with Gasteiger partial charge in [-0.2, -0.15) is 0 Å². The minimum absolute atomic E-state index is 0.0189. The molecule has 3 nitrogen and oxygen atoms in total. The zero-order valence-electron chi connectivity index (χ0n) is 11.7. The number of fused-ring (bicyclic) bond motifs is 1. The first-order valence-corrected chi connectivity index (χ1v) is 7.96. The van der Waals surface area contributed by atoms with Crippen LogP contribution in [0.25, 0.3) is 10.9 Å². The normalized spacial score (nSPS) is 10.7. The fourth-order valence-electron chi connectivity index (χ4n) is 2.33. The Kier molecular flexibility index (Phi) is 3.97. The van der Waals surface area contributed by atoms with Crippen molar-refractivity contribution < 1.29 is 4.79 Å². The lowest BCUT2D eigenvalue weighted by Crippen LogP contribution is -2.18. The number of hydrogen-bond donors (Lipinski definition) is 1. The number of thioether (sulfide) groups is 1. The van der Waals surface area contributed by atoms with Gasteiger partial charge >= 0.3 is 0 Å².